The molecule has 28 heavy (non-hydrogen) atoms. The summed E-state index contributed by atoms with van der Waals surface area (Å²) < 4.78 is 16.1. The molecular weight excluding hydrogens is 388 g/mol. The molecule has 156 valence electrons. The number of hydrogen-bond acceptors (Lipinski definition) is 3. The molecule has 1 saturated carbocycles. The van der Waals surface area contributed by atoms with E-state index in [1.807, 2.05) is 44.5 Å². The highest BCUT2D eigenvalue weighted by atomic mass is 32.2. The molecule has 1 amide bonds. The number of thioether (sulfide) groups is 1. The number of hydrogen-bond donors (Lipinski definition) is 1. The first-order chi connectivity index (χ1) is 13.2. The number of nitrogens with zero attached hydrogens (tertiary/aromatic N) is 1. The van der Waals surface area contributed by atoms with Gasteiger partial charge in [0.15, 0.2) is 0 Å². The monoisotopic (exact) mass is 422 g/mol. The van der Waals surface area contributed by atoms with Crippen LogP contribution in [0.1, 0.15) is 71.4 Å². The molecular formula is C22H34N2O2S2. The lowest BCUT2D eigenvalue weighted by atomic mass is 9.65. The molecule has 2 heterocycles. The number of fused-ring (bicyclic) bond motifs is 3. The molecule has 4 rings (SSSR count). The smallest absolute Gasteiger partial charge is 0.225 e. The minimum atomic E-state index is -1.21. The van der Waals surface area contributed by atoms with Crippen LogP contribution in [0, 0.1) is 5.92 Å². The Kier molecular flexibility index (Phi) is 6.62. The standard InChI is InChI=1S/C22H34N2O2S2/c1-6-15-27-18-9-7-16(8-10-18)19(23-28(26)21(2,3)4)22-13-11-17(12-14-22)20(25)24(22)5/h7-10,17,19,23H,6,11-15H2,1-5H3/t17?,19-,22?,28+/m0/s1. The second-order valence-electron chi connectivity index (χ2n) is 9.12. The fraction of sp³-hybridized carbons (Fsp3) is 0.682. The van der Waals surface area contributed by atoms with Crippen LogP contribution < -0.4 is 4.72 Å². The van der Waals surface area contributed by atoms with Gasteiger partial charge >= 0.3 is 0 Å². The Morgan fingerprint density at radius 2 is 1.86 bits per heavy atom. The van der Waals surface area contributed by atoms with E-state index in [0.29, 0.717) is 0 Å². The lowest BCUT2D eigenvalue weighted by Gasteiger charge is -2.56. The van der Waals surface area contributed by atoms with Crippen molar-refractivity contribution in [3.63, 3.8) is 0 Å². The van der Waals surface area contributed by atoms with E-state index in [1.165, 1.54) is 4.90 Å². The van der Waals surface area contributed by atoms with E-state index in [1.54, 1.807) is 0 Å². The van der Waals surface area contributed by atoms with Gasteiger partial charge in [-0.25, -0.2) is 8.93 Å². The maximum Gasteiger partial charge on any atom is 0.225 e. The molecule has 1 aromatic carbocycles. The Balaban J connectivity index is 1.95. The van der Waals surface area contributed by atoms with Crippen molar-refractivity contribution >= 4 is 28.7 Å². The normalized spacial score (nSPS) is 27.1. The minimum absolute atomic E-state index is 0.131. The van der Waals surface area contributed by atoms with Crippen molar-refractivity contribution in [2.45, 2.75) is 81.0 Å². The van der Waals surface area contributed by atoms with Crippen molar-refractivity contribution in [3.8, 4) is 0 Å². The second-order valence-corrected chi connectivity index (χ2v) is 12.3. The van der Waals surface area contributed by atoms with E-state index < -0.39 is 11.0 Å². The lowest BCUT2D eigenvalue weighted by Crippen LogP contribution is -2.65. The van der Waals surface area contributed by atoms with Gasteiger partial charge in [-0.05, 0) is 76.3 Å². The molecule has 0 aromatic heterocycles. The molecule has 0 spiro atoms. The van der Waals surface area contributed by atoms with Gasteiger partial charge < -0.3 is 4.90 Å². The Labute approximate surface area is 176 Å². The molecule has 0 unspecified atom stereocenters. The summed E-state index contributed by atoms with van der Waals surface area (Å²) in [4.78, 5) is 16.0. The number of amides is 1. The van der Waals surface area contributed by atoms with E-state index in [-0.39, 0.29) is 28.2 Å². The van der Waals surface area contributed by atoms with Crippen molar-refractivity contribution < 1.29 is 9.00 Å². The van der Waals surface area contributed by atoms with Crippen LogP contribution in [0.25, 0.3) is 0 Å². The van der Waals surface area contributed by atoms with Gasteiger partial charge in [-0.3, -0.25) is 4.79 Å². The van der Waals surface area contributed by atoms with Crippen LogP contribution in [0.2, 0.25) is 0 Å². The van der Waals surface area contributed by atoms with Crippen LogP contribution in [0.5, 0.6) is 0 Å². The molecule has 2 saturated heterocycles. The van der Waals surface area contributed by atoms with E-state index in [4.69, 9.17) is 0 Å². The number of rotatable bonds is 7. The third-order valence-electron chi connectivity index (χ3n) is 6.20. The van der Waals surface area contributed by atoms with Crippen LogP contribution in [-0.4, -0.2) is 38.1 Å². The third-order valence-corrected chi connectivity index (χ3v) is 8.98. The zero-order valence-electron chi connectivity index (χ0n) is 17.8. The van der Waals surface area contributed by atoms with Gasteiger partial charge in [-0.1, -0.05) is 19.1 Å². The highest BCUT2D eigenvalue weighted by molar-refractivity contribution is 7.99. The molecule has 2 atom stereocenters. The lowest BCUT2D eigenvalue weighted by molar-refractivity contribution is -0.155. The number of carbonyl (C=O) groups is 1. The van der Waals surface area contributed by atoms with Gasteiger partial charge in [0.05, 0.1) is 27.3 Å². The van der Waals surface area contributed by atoms with E-state index in [9.17, 15) is 9.00 Å². The van der Waals surface area contributed by atoms with Gasteiger partial charge in [0, 0.05) is 17.9 Å². The number of carbonyl (C=O) groups excluding carboxylic acids is 1. The number of benzene rings is 1. The summed E-state index contributed by atoms with van der Waals surface area (Å²) in [5, 5.41) is 0. The van der Waals surface area contributed by atoms with Crippen LogP contribution in [-0.2, 0) is 15.8 Å². The SMILES string of the molecule is CCCSc1ccc([C@H](N[S@](=O)C(C)(C)C)C23CCC(CC2)C(=O)N3C)cc1. The summed E-state index contributed by atoms with van der Waals surface area (Å²) in [6, 6.07) is 8.51. The predicted octanol–water partition coefficient (Wildman–Crippen LogP) is 4.68. The fourth-order valence-electron chi connectivity index (χ4n) is 4.42. The molecule has 3 aliphatic rings. The first-order valence-electron chi connectivity index (χ1n) is 10.4. The van der Waals surface area contributed by atoms with Crippen molar-refractivity contribution in [1.29, 1.82) is 0 Å². The van der Waals surface area contributed by atoms with Crippen molar-refractivity contribution in [1.82, 2.24) is 9.62 Å². The number of likely N-dealkylation sites (N-methyl/N-ethyl adjacent to an activating group) is 1. The zero-order valence-corrected chi connectivity index (χ0v) is 19.4. The molecule has 1 aliphatic carbocycles. The highest BCUT2D eigenvalue weighted by Crippen LogP contribution is 2.50. The van der Waals surface area contributed by atoms with E-state index >= 15 is 0 Å². The molecule has 3 fully saturated rings. The topological polar surface area (TPSA) is 49.4 Å². The summed E-state index contributed by atoms with van der Waals surface area (Å²) in [5.41, 5.74) is 0.823. The van der Waals surface area contributed by atoms with Gasteiger partial charge in [0.1, 0.15) is 0 Å². The third kappa shape index (κ3) is 4.19. The summed E-state index contributed by atoms with van der Waals surface area (Å²) in [5.74, 6) is 1.53. The Morgan fingerprint density at radius 1 is 1.25 bits per heavy atom. The maximum atomic E-state index is 13.1. The molecule has 4 nitrogen and oxygen atoms in total. The Bertz CT molecular complexity index is 719. The summed E-state index contributed by atoms with van der Waals surface area (Å²) in [6.45, 7) is 8.15. The predicted molar refractivity (Wildman–Crippen MR) is 119 cm³/mol. The minimum Gasteiger partial charge on any atom is -0.338 e. The molecule has 2 bridgehead atoms. The molecule has 6 heteroatoms. The zero-order chi connectivity index (χ0) is 20.5. The van der Waals surface area contributed by atoms with Crippen LogP contribution >= 0.6 is 11.8 Å². The molecule has 0 radical (unpaired) electrons. The molecule has 2 aliphatic heterocycles. The van der Waals surface area contributed by atoms with Crippen LogP contribution in [0.4, 0.5) is 0 Å². The number of nitrogens with one attached hydrogen (secondary N) is 1. The molecule has 1 N–H and O–H groups in total. The average Bonchev–Trinajstić information content (AvgIpc) is 2.68. The van der Waals surface area contributed by atoms with Gasteiger partial charge in [0.25, 0.3) is 0 Å². The second kappa shape index (κ2) is 8.49. The average molecular weight is 423 g/mol. The van der Waals surface area contributed by atoms with Crippen molar-refractivity contribution in [2.75, 3.05) is 12.8 Å². The quantitative estimate of drug-likeness (QED) is 0.649. The van der Waals surface area contributed by atoms with Gasteiger partial charge in [-0.15, -0.1) is 11.8 Å². The van der Waals surface area contributed by atoms with Gasteiger partial charge in [-0.2, -0.15) is 0 Å². The van der Waals surface area contributed by atoms with Gasteiger partial charge in [0.2, 0.25) is 5.91 Å². The van der Waals surface area contributed by atoms with Crippen LogP contribution in [0.15, 0.2) is 29.2 Å². The maximum absolute atomic E-state index is 13.1. The summed E-state index contributed by atoms with van der Waals surface area (Å²) in [7, 11) is 0.729. The van der Waals surface area contributed by atoms with Crippen LogP contribution in [0.3, 0.4) is 0 Å². The first kappa shape index (κ1) is 21.8. The fourth-order valence-corrected chi connectivity index (χ4v) is 6.12. The van der Waals surface area contributed by atoms with E-state index in [2.05, 4.69) is 35.9 Å². The Hall–Kier alpha value is -0.850. The summed E-state index contributed by atoms with van der Waals surface area (Å²) in [6.07, 6.45) is 4.96. The Morgan fingerprint density at radius 3 is 2.39 bits per heavy atom. The largest absolute Gasteiger partial charge is 0.338 e. The first-order valence-corrected chi connectivity index (χ1v) is 12.5. The highest BCUT2D eigenvalue weighted by Gasteiger charge is 2.54. The van der Waals surface area contributed by atoms with Crippen molar-refractivity contribution in [3.05, 3.63) is 29.8 Å². The molecule has 1 aromatic rings. The number of piperidine rings is 2. The van der Waals surface area contributed by atoms with E-state index in [0.717, 1.165) is 43.4 Å². The summed E-state index contributed by atoms with van der Waals surface area (Å²) >= 11 is 1.86. The van der Waals surface area contributed by atoms with Crippen molar-refractivity contribution in [2.24, 2.45) is 5.92 Å².